The van der Waals surface area contributed by atoms with Crippen molar-refractivity contribution in [1.29, 1.82) is 0 Å². The lowest BCUT2D eigenvalue weighted by Gasteiger charge is -2.19. The Morgan fingerprint density at radius 2 is 1.73 bits per heavy atom. The van der Waals surface area contributed by atoms with E-state index in [-0.39, 0.29) is 12.5 Å². The number of rotatable bonds is 4. The summed E-state index contributed by atoms with van der Waals surface area (Å²) < 4.78 is 0. The molecular weight excluding hydrogens is 231 g/mol. The first kappa shape index (κ1) is 12.8. The fourth-order valence-electron chi connectivity index (χ4n) is 1.50. The highest BCUT2D eigenvalue weighted by Gasteiger charge is 2.16. The SMILES string of the molecule is CC(C)C(CO)Cc1c(Cl)cccc1Cl. The van der Waals surface area contributed by atoms with Crippen molar-refractivity contribution < 1.29 is 5.11 Å². The molecule has 0 aliphatic heterocycles. The predicted molar refractivity (Wildman–Crippen MR) is 65.6 cm³/mol. The van der Waals surface area contributed by atoms with Gasteiger partial charge in [0.15, 0.2) is 0 Å². The molecule has 0 radical (unpaired) electrons. The second kappa shape index (κ2) is 5.74. The van der Waals surface area contributed by atoms with Crippen LogP contribution in [0.25, 0.3) is 0 Å². The highest BCUT2D eigenvalue weighted by atomic mass is 35.5. The Morgan fingerprint density at radius 1 is 1.20 bits per heavy atom. The monoisotopic (exact) mass is 246 g/mol. The minimum absolute atomic E-state index is 0.166. The molecule has 1 atom stereocenters. The molecule has 0 fully saturated rings. The molecule has 0 spiro atoms. The lowest BCUT2D eigenvalue weighted by molar-refractivity contribution is 0.189. The van der Waals surface area contributed by atoms with Crippen LogP contribution in [0.5, 0.6) is 0 Å². The van der Waals surface area contributed by atoms with Crippen LogP contribution < -0.4 is 0 Å². The van der Waals surface area contributed by atoms with Crippen LogP contribution in [0.2, 0.25) is 10.0 Å². The highest BCUT2D eigenvalue weighted by molar-refractivity contribution is 6.35. The average molecular weight is 247 g/mol. The van der Waals surface area contributed by atoms with Crippen molar-refractivity contribution >= 4 is 23.2 Å². The molecule has 0 saturated carbocycles. The minimum Gasteiger partial charge on any atom is -0.396 e. The number of aliphatic hydroxyl groups is 1. The van der Waals surface area contributed by atoms with Gasteiger partial charge in [-0.1, -0.05) is 43.1 Å². The molecule has 1 aromatic carbocycles. The largest absolute Gasteiger partial charge is 0.396 e. The summed E-state index contributed by atoms with van der Waals surface area (Å²) in [6.45, 7) is 4.34. The Bertz CT molecular complexity index is 303. The van der Waals surface area contributed by atoms with Gasteiger partial charge < -0.3 is 5.11 Å². The molecule has 0 saturated heterocycles. The standard InChI is InChI=1S/C12H16Cl2O/c1-8(2)9(7-15)6-10-11(13)4-3-5-12(10)14/h3-5,8-9,15H,6-7H2,1-2H3. The van der Waals surface area contributed by atoms with E-state index in [1.54, 1.807) is 0 Å². The average Bonchev–Trinajstić information content (AvgIpc) is 2.17. The van der Waals surface area contributed by atoms with E-state index in [2.05, 4.69) is 13.8 Å². The molecule has 15 heavy (non-hydrogen) atoms. The number of halogens is 2. The smallest absolute Gasteiger partial charge is 0.0464 e. The van der Waals surface area contributed by atoms with Gasteiger partial charge in [0.2, 0.25) is 0 Å². The van der Waals surface area contributed by atoms with E-state index in [1.165, 1.54) is 0 Å². The first-order valence-corrected chi connectivity index (χ1v) is 5.85. The van der Waals surface area contributed by atoms with Crippen LogP contribution in [0.1, 0.15) is 19.4 Å². The molecule has 0 bridgehead atoms. The minimum atomic E-state index is 0.166. The van der Waals surface area contributed by atoms with E-state index >= 15 is 0 Å². The third kappa shape index (κ3) is 3.37. The van der Waals surface area contributed by atoms with Gasteiger partial charge >= 0.3 is 0 Å². The highest BCUT2D eigenvalue weighted by Crippen LogP contribution is 2.28. The van der Waals surface area contributed by atoms with Gasteiger partial charge in [-0.05, 0) is 36.0 Å². The summed E-state index contributed by atoms with van der Waals surface area (Å²) in [6.07, 6.45) is 0.729. The zero-order chi connectivity index (χ0) is 11.4. The number of aliphatic hydroxyl groups excluding tert-OH is 1. The summed E-state index contributed by atoms with van der Waals surface area (Å²) in [5.41, 5.74) is 0.939. The quantitative estimate of drug-likeness (QED) is 0.857. The molecule has 1 N–H and O–H groups in total. The lowest BCUT2D eigenvalue weighted by Crippen LogP contribution is -2.16. The summed E-state index contributed by atoms with van der Waals surface area (Å²) in [7, 11) is 0. The molecule has 1 nitrogen and oxygen atoms in total. The number of benzene rings is 1. The Balaban J connectivity index is 2.87. The fraction of sp³-hybridized carbons (Fsp3) is 0.500. The van der Waals surface area contributed by atoms with Crippen LogP contribution in [0.3, 0.4) is 0 Å². The van der Waals surface area contributed by atoms with Crippen molar-refractivity contribution in [2.24, 2.45) is 11.8 Å². The van der Waals surface area contributed by atoms with Crippen LogP contribution in [-0.2, 0) is 6.42 Å². The van der Waals surface area contributed by atoms with Crippen molar-refractivity contribution in [1.82, 2.24) is 0 Å². The molecule has 0 aliphatic rings. The Labute approximate surface area is 101 Å². The van der Waals surface area contributed by atoms with E-state index in [4.69, 9.17) is 23.2 Å². The summed E-state index contributed by atoms with van der Waals surface area (Å²) in [6, 6.07) is 5.49. The Kier molecular flexibility index (Phi) is 4.91. The van der Waals surface area contributed by atoms with Gasteiger partial charge in [-0.15, -0.1) is 0 Å². The topological polar surface area (TPSA) is 20.2 Å². The first-order valence-electron chi connectivity index (χ1n) is 5.10. The summed E-state index contributed by atoms with van der Waals surface area (Å²) >= 11 is 12.1. The molecule has 1 rings (SSSR count). The summed E-state index contributed by atoms with van der Waals surface area (Å²) in [5.74, 6) is 0.629. The maximum atomic E-state index is 9.25. The molecule has 3 heteroatoms. The van der Waals surface area contributed by atoms with E-state index < -0.39 is 0 Å². The molecule has 0 aliphatic carbocycles. The summed E-state index contributed by atoms with van der Waals surface area (Å²) in [5, 5.41) is 10.6. The summed E-state index contributed by atoms with van der Waals surface area (Å²) in [4.78, 5) is 0. The molecule has 1 aromatic rings. The third-order valence-electron chi connectivity index (χ3n) is 2.71. The van der Waals surface area contributed by atoms with E-state index in [9.17, 15) is 5.11 Å². The first-order chi connectivity index (χ1) is 7.06. The zero-order valence-electron chi connectivity index (χ0n) is 9.00. The van der Waals surface area contributed by atoms with Crippen LogP contribution in [0.4, 0.5) is 0 Å². The molecule has 0 amide bonds. The number of hydrogen-bond donors (Lipinski definition) is 1. The molecule has 0 heterocycles. The van der Waals surface area contributed by atoms with Crippen molar-refractivity contribution in [2.75, 3.05) is 6.61 Å². The Hall–Kier alpha value is -0.240. The molecule has 84 valence electrons. The maximum absolute atomic E-state index is 9.25. The van der Waals surface area contributed by atoms with Crippen molar-refractivity contribution in [3.63, 3.8) is 0 Å². The van der Waals surface area contributed by atoms with Gasteiger partial charge in [0, 0.05) is 16.7 Å². The van der Waals surface area contributed by atoms with E-state index in [0.717, 1.165) is 12.0 Å². The van der Waals surface area contributed by atoms with Gasteiger partial charge in [-0.2, -0.15) is 0 Å². The van der Waals surface area contributed by atoms with Crippen molar-refractivity contribution in [3.05, 3.63) is 33.8 Å². The maximum Gasteiger partial charge on any atom is 0.0464 e. The van der Waals surface area contributed by atoms with E-state index in [0.29, 0.717) is 16.0 Å². The predicted octanol–water partition coefficient (Wildman–Crippen LogP) is 3.80. The number of hydrogen-bond acceptors (Lipinski definition) is 1. The van der Waals surface area contributed by atoms with Crippen LogP contribution in [-0.4, -0.2) is 11.7 Å². The second-order valence-electron chi connectivity index (χ2n) is 4.09. The van der Waals surface area contributed by atoms with Crippen molar-refractivity contribution in [3.8, 4) is 0 Å². The third-order valence-corrected chi connectivity index (χ3v) is 3.41. The van der Waals surface area contributed by atoms with Gasteiger partial charge in [-0.25, -0.2) is 0 Å². The van der Waals surface area contributed by atoms with E-state index in [1.807, 2.05) is 18.2 Å². The van der Waals surface area contributed by atoms with Crippen LogP contribution in [0.15, 0.2) is 18.2 Å². The van der Waals surface area contributed by atoms with Gasteiger partial charge in [-0.3, -0.25) is 0 Å². The van der Waals surface area contributed by atoms with Gasteiger partial charge in [0.1, 0.15) is 0 Å². The zero-order valence-corrected chi connectivity index (χ0v) is 10.5. The fourth-order valence-corrected chi connectivity index (χ4v) is 2.05. The van der Waals surface area contributed by atoms with Gasteiger partial charge in [0.05, 0.1) is 0 Å². The molecule has 1 unspecified atom stereocenters. The van der Waals surface area contributed by atoms with Crippen molar-refractivity contribution in [2.45, 2.75) is 20.3 Å². The second-order valence-corrected chi connectivity index (χ2v) is 4.91. The molecular formula is C12H16Cl2O. The Morgan fingerprint density at radius 3 is 2.13 bits per heavy atom. The molecule has 0 aromatic heterocycles. The van der Waals surface area contributed by atoms with Crippen LogP contribution in [0, 0.1) is 11.8 Å². The lowest BCUT2D eigenvalue weighted by atomic mass is 9.90. The van der Waals surface area contributed by atoms with Gasteiger partial charge in [0.25, 0.3) is 0 Å². The normalized spacial score (nSPS) is 13.2. The van der Waals surface area contributed by atoms with Crippen LogP contribution >= 0.6 is 23.2 Å².